The Morgan fingerprint density at radius 3 is 2.63 bits per heavy atom. The minimum atomic E-state index is -0.310. The highest BCUT2D eigenvalue weighted by atomic mass is 16.3. The Kier molecular flexibility index (Phi) is 3.39. The van der Waals surface area contributed by atoms with Crippen molar-refractivity contribution in [3.63, 3.8) is 0 Å². The largest absolute Gasteiger partial charge is 0.392 e. The highest BCUT2D eigenvalue weighted by molar-refractivity contribution is 5.34. The lowest BCUT2D eigenvalue weighted by molar-refractivity contribution is -0.00351. The number of fused-ring (bicyclic) bond motifs is 1. The minimum Gasteiger partial charge on any atom is -0.392 e. The number of allylic oxidation sites excluding steroid dienone is 2. The van der Waals surface area contributed by atoms with Gasteiger partial charge in [0.2, 0.25) is 0 Å². The first kappa shape index (κ1) is 14.3. The SMILES string of the molecule is C=C(C)[C@@H]1C=C2C(C)(C)[C@@H](O)CC[C@]2(C)[C@@H](C#N)C1. The first-order valence-electron chi connectivity index (χ1n) is 7.19. The fourth-order valence-corrected chi connectivity index (χ4v) is 3.94. The number of nitriles is 1. The molecule has 0 aromatic rings. The van der Waals surface area contributed by atoms with Crippen LogP contribution in [0.4, 0.5) is 0 Å². The molecule has 0 radical (unpaired) electrons. The molecule has 0 saturated heterocycles. The van der Waals surface area contributed by atoms with Crippen LogP contribution in [0.15, 0.2) is 23.8 Å². The predicted octanol–water partition coefficient (Wildman–Crippen LogP) is 3.84. The molecular formula is C17H25NO. The molecule has 2 heteroatoms. The molecule has 2 rings (SSSR count). The number of hydrogen-bond acceptors (Lipinski definition) is 2. The highest BCUT2D eigenvalue weighted by Gasteiger charge is 2.52. The maximum absolute atomic E-state index is 10.3. The first-order valence-corrected chi connectivity index (χ1v) is 7.19. The fourth-order valence-electron chi connectivity index (χ4n) is 3.94. The quantitative estimate of drug-likeness (QED) is 0.727. The Morgan fingerprint density at radius 1 is 1.47 bits per heavy atom. The molecule has 1 fully saturated rings. The van der Waals surface area contributed by atoms with Crippen LogP contribution in [0, 0.1) is 34.0 Å². The summed E-state index contributed by atoms with van der Waals surface area (Å²) in [6, 6.07) is 2.52. The van der Waals surface area contributed by atoms with E-state index < -0.39 is 0 Å². The van der Waals surface area contributed by atoms with E-state index in [1.54, 1.807) is 0 Å². The van der Waals surface area contributed by atoms with Crippen LogP contribution in [0.1, 0.15) is 47.0 Å². The zero-order valence-corrected chi connectivity index (χ0v) is 12.5. The van der Waals surface area contributed by atoms with Gasteiger partial charge in [-0.2, -0.15) is 5.26 Å². The maximum Gasteiger partial charge on any atom is 0.0665 e. The lowest BCUT2D eigenvalue weighted by Gasteiger charge is -2.53. The second-order valence-corrected chi connectivity index (χ2v) is 7.14. The highest BCUT2D eigenvalue weighted by Crippen LogP contribution is 2.58. The predicted molar refractivity (Wildman–Crippen MR) is 77.2 cm³/mol. The smallest absolute Gasteiger partial charge is 0.0665 e. The Bertz CT molecular complexity index is 468. The van der Waals surface area contributed by atoms with Crippen molar-refractivity contribution in [2.24, 2.45) is 22.7 Å². The van der Waals surface area contributed by atoms with Crippen molar-refractivity contribution in [1.82, 2.24) is 0 Å². The van der Waals surface area contributed by atoms with Gasteiger partial charge >= 0.3 is 0 Å². The summed E-state index contributed by atoms with van der Waals surface area (Å²) in [4.78, 5) is 0. The molecule has 0 spiro atoms. The summed E-state index contributed by atoms with van der Waals surface area (Å²) in [5.74, 6) is 0.304. The van der Waals surface area contributed by atoms with Crippen LogP contribution in [-0.4, -0.2) is 11.2 Å². The summed E-state index contributed by atoms with van der Waals surface area (Å²) in [5, 5.41) is 19.9. The van der Waals surface area contributed by atoms with Gasteiger partial charge in [-0.3, -0.25) is 0 Å². The fraction of sp³-hybridized carbons (Fsp3) is 0.706. The van der Waals surface area contributed by atoms with E-state index in [2.05, 4.69) is 39.5 Å². The number of aliphatic hydroxyl groups is 1. The molecule has 0 aromatic carbocycles. The van der Waals surface area contributed by atoms with Crippen LogP contribution in [0.3, 0.4) is 0 Å². The molecule has 1 N–H and O–H groups in total. The Morgan fingerprint density at radius 2 is 2.11 bits per heavy atom. The molecule has 2 nitrogen and oxygen atoms in total. The van der Waals surface area contributed by atoms with Crippen molar-refractivity contribution in [2.45, 2.75) is 53.1 Å². The van der Waals surface area contributed by atoms with E-state index in [0.29, 0.717) is 0 Å². The van der Waals surface area contributed by atoms with Gasteiger partial charge in [0.05, 0.1) is 18.1 Å². The number of nitrogens with zero attached hydrogens (tertiary/aromatic N) is 1. The molecule has 0 aliphatic heterocycles. The average molecular weight is 259 g/mol. The lowest BCUT2D eigenvalue weighted by Crippen LogP contribution is -2.49. The van der Waals surface area contributed by atoms with Crippen molar-refractivity contribution < 1.29 is 5.11 Å². The molecule has 0 amide bonds. The lowest BCUT2D eigenvalue weighted by atomic mass is 9.51. The third-order valence-electron chi connectivity index (χ3n) is 5.50. The first-order chi connectivity index (χ1) is 8.73. The monoisotopic (exact) mass is 259 g/mol. The normalized spacial score (nSPS) is 40.8. The molecule has 0 aromatic heterocycles. The van der Waals surface area contributed by atoms with Gasteiger partial charge in [0, 0.05) is 10.8 Å². The van der Waals surface area contributed by atoms with E-state index in [4.69, 9.17) is 0 Å². The topological polar surface area (TPSA) is 44.0 Å². The minimum absolute atomic E-state index is 0.0287. The number of aliphatic hydroxyl groups excluding tert-OH is 1. The standard InChI is InChI=1S/C17H25NO/c1-11(2)12-8-13(10-18)17(5)7-6-15(19)16(3,4)14(17)9-12/h9,12-13,15,19H,1,6-8H2,2-5H3/t12-,13+,15-,17+/m0/s1. The van der Waals surface area contributed by atoms with Gasteiger partial charge in [0.15, 0.2) is 0 Å². The van der Waals surface area contributed by atoms with E-state index in [1.807, 2.05) is 6.92 Å². The van der Waals surface area contributed by atoms with Crippen LogP contribution >= 0.6 is 0 Å². The van der Waals surface area contributed by atoms with Crippen LogP contribution in [-0.2, 0) is 0 Å². The van der Waals surface area contributed by atoms with Gasteiger partial charge in [-0.15, -0.1) is 0 Å². The summed E-state index contributed by atoms with van der Waals surface area (Å²) >= 11 is 0. The summed E-state index contributed by atoms with van der Waals surface area (Å²) in [5.41, 5.74) is 2.06. The van der Waals surface area contributed by atoms with Crippen molar-refractivity contribution in [2.75, 3.05) is 0 Å². The van der Waals surface area contributed by atoms with E-state index in [1.165, 1.54) is 5.57 Å². The summed E-state index contributed by atoms with van der Waals surface area (Å²) in [6.07, 6.45) is 4.55. The van der Waals surface area contributed by atoms with Crippen LogP contribution in [0.2, 0.25) is 0 Å². The Balaban J connectivity index is 2.54. The summed E-state index contributed by atoms with van der Waals surface area (Å²) < 4.78 is 0. The molecule has 0 unspecified atom stereocenters. The van der Waals surface area contributed by atoms with E-state index in [9.17, 15) is 10.4 Å². The number of hydrogen-bond donors (Lipinski definition) is 1. The molecule has 0 heterocycles. The van der Waals surface area contributed by atoms with Gasteiger partial charge in [0.25, 0.3) is 0 Å². The third kappa shape index (κ3) is 2.05. The molecule has 2 aliphatic rings. The van der Waals surface area contributed by atoms with Gasteiger partial charge in [-0.25, -0.2) is 0 Å². The Labute approximate surface area is 116 Å². The molecular weight excluding hydrogens is 234 g/mol. The molecule has 1 saturated carbocycles. The second-order valence-electron chi connectivity index (χ2n) is 7.14. The Hall–Kier alpha value is -1.07. The molecule has 104 valence electrons. The van der Waals surface area contributed by atoms with Crippen LogP contribution in [0.5, 0.6) is 0 Å². The average Bonchev–Trinajstić information content (AvgIpc) is 2.34. The summed E-state index contributed by atoms with van der Waals surface area (Å²) in [6.45, 7) is 12.5. The summed E-state index contributed by atoms with van der Waals surface area (Å²) in [7, 11) is 0. The molecule has 4 atom stereocenters. The van der Waals surface area contributed by atoms with Gasteiger partial charge in [0.1, 0.15) is 0 Å². The third-order valence-corrected chi connectivity index (χ3v) is 5.50. The number of rotatable bonds is 1. The van der Waals surface area contributed by atoms with Crippen LogP contribution in [0.25, 0.3) is 0 Å². The van der Waals surface area contributed by atoms with Gasteiger partial charge < -0.3 is 5.11 Å². The van der Waals surface area contributed by atoms with Gasteiger partial charge in [-0.05, 0) is 32.1 Å². The molecule has 19 heavy (non-hydrogen) atoms. The second kappa shape index (κ2) is 4.49. The van der Waals surface area contributed by atoms with Crippen molar-refractivity contribution >= 4 is 0 Å². The zero-order valence-electron chi connectivity index (χ0n) is 12.5. The van der Waals surface area contributed by atoms with Crippen molar-refractivity contribution in [3.8, 4) is 6.07 Å². The zero-order chi connectivity index (χ0) is 14.4. The van der Waals surface area contributed by atoms with Crippen molar-refractivity contribution in [1.29, 1.82) is 5.26 Å². The van der Waals surface area contributed by atoms with Gasteiger partial charge in [-0.1, -0.05) is 44.6 Å². The van der Waals surface area contributed by atoms with E-state index >= 15 is 0 Å². The molecule has 2 aliphatic carbocycles. The van der Waals surface area contributed by atoms with E-state index in [-0.39, 0.29) is 28.8 Å². The van der Waals surface area contributed by atoms with Crippen molar-refractivity contribution in [3.05, 3.63) is 23.8 Å². The van der Waals surface area contributed by atoms with E-state index in [0.717, 1.165) is 24.8 Å². The van der Waals surface area contributed by atoms with Crippen LogP contribution < -0.4 is 0 Å². The molecule has 0 bridgehead atoms. The maximum atomic E-state index is 10.3.